The van der Waals surface area contributed by atoms with Crippen LogP contribution in [0.1, 0.15) is 12.0 Å². The largest absolute Gasteiger partial charge is 0.273 e. The molecule has 5 heteroatoms. The lowest BCUT2D eigenvalue weighted by molar-refractivity contribution is 0.477. The minimum Gasteiger partial charge on any atom is -0.273 e. The van der Waals surface area contributed by atoms with E-state index in [4.69, 9.17) is 0 Å². The second-order valence-electron chi connectivity index (χ2n) is 4.47. The lowest BCUT2D eigenvalue weighted by Crippen LogP contribution is -2.26. The lowest BCUT2D eigenvalue weighted by atomic mass is 10.1. The average molecular weight is 330 g/mol. The molecule has 1 aliphatic heterocycles. The molecule has 1 heterocycles. The Hall–Kier alpha value is -0.810. The van der Waals surface area contributed by atoms with Crippen molar-refractivity contribution in [2.24, 2.45) is 5.92 Å². The first-order chi connectivity index (χ1) is 8.54. The number of halogens is 1. The second-order valence-corrected chi connectivity index (χ2v) is 7.15. The van der Waals surface area contributed by atoms with E-state index in [1.165, 1.54) is 4.31 Å². The molecule has 0 fully saturated rings. The molecule has 0 aromatic heterocycles. The Morgan fingerprint density at radius 3 is 2.61 bits per heavy atom. The topological polar surface area (TPSA) is 37.4 Å². The first kappa shape index (κ1) is 13.6. The molecule has 0 bridgehead atoms. The minimum atomic E-state index is -3.38. The van der Waals surface area contributed by atoms with Crippen molar-refractivity contribution in [1.29, 1.82) is 0 Å². The molecule has 18 heavy (non-hydrogen) atoms. The Kier molecular flexibility index (Phi) is 4.12. The molecular weight excluding hydrogens is 314 g/mol. The van der Waals surface area contributed by atoms with E-state index in [2.05, 4.69) is 15.9 Å². The van der Waals surface area contributed by atoms with E-state index in [0.717, 1.165) is 17.3 Å². The molecule has 0 saturated carbocycles. The maximum absolute atomic E-state index is 12.4. The van der Waals surface area contributed by atoms with Gasteiger partial charge in [-0.05, 0) is 31.4 Å². The standard InChI is InChI=1S/C13H16BrNO2S/c1-11-2-4-13(5-3-11)18(16,17)15-9-7-12(10-15)6-8-14/h2-5,7,9,12H,6,8,10H2,1H3. The van der Waals surface area contributed by atoms with Crippen LogP contribution in [0.3, 0.4) is 0 Å². The normalized spacial score (nSPS) is 19.4. The summed E-state index contributed by atoms with van der Waals surface area (Å²) in [7, 11) is -3.38. The highest BCUT2D eigenvalue weighted by molar-refractivity contribution is 9.09. The quantitative estimate of drug-likeness (QED) is 0.796. The molecule has 3 nitrogen and oxygen atoms in total. The van der Waals surface area contributed by atoms with Crippen LogP contribution in [0.5, 0.6) is 0 Å². The zero-order chi connectivity index (χ0) is 13.2. The van der Waals surface area contributed by atoms with Gasteiger partial charge in [-0.25, -0.2) is 8.42 Å². The van der Waals surface area contributed by atoms with Crippen molar-refractivity contribution < 1.29 is 8.42 Å². The van der Waals surface area contributed by atoms with Gasteiger partial charge in [0.15, 0.2) is 0 Å². The fourth-order valence-electron chi connectivity index (χ4n) is 1.92. The van der Waals surface area contributed by atoms with Crippen molar-refractivity contribution in [2.45, 2.75) is 18.2 Å². The molecule has 1 aromatic carbocycles. The van der Waals surface area contributed by atoms with E-state index in [0.29, 0.717) is 17.4 Å². The van der Waals surface area contributed by atoms with Gasteiger partial charge in [0.05, 0.1) is 4.90 Å². The maximum Gasteiger partial charge on any atom is 0.263 e. The van der Waals surface area contributed by atoms with Crippen molar-refractivity contribution in [1.82, 2.24) is 4.31 Å². The Morgan fingerprint density at radius 1 is 1.33 bits per heavy atom. The summed E-state index contributed by atoms with van der Waals surface area (Å²) in [6.45, 7) is 2.49. The number of nitrogens with zero attached hydrogens (tertiary/aromatic N) is 1. The number of aryl methyl sites for hydroxylation is 1. The number of hydrogen-bond donors (Lipinski definition) is 0. The summed E-state index contributed by atoms with van der Waals surface area (Å²) in [6.07, 6.45) is 4.60. The SMILES string of the molecule is Cc1ccc(S(=O)(=O)N2C=CC(CCBr)C2)cc1. The highest BCUT2D eigenvalue weighted by Crippen LogP contribution is 2.24. The fourth-order valence-corrected chi connectivity index (χ4v) is 3.88. The summed E-state index contributed by atoms with van der Waals surface area (Å²) in [6, 6.07) is 6.97. The van der Waals surface area contributed by atoms with Gasteiger partial charge in [0.25, 0.3) is 10.0 Å². The van der Waals surface area contributed by atoms with E-state index < -0.39 is 10.0 Å². The fraction of sp³-hybridized carbons (Fsp3) is 0.385. The Morgan fingerprint density at radius 2 is 2.00 bits per heavy atom. The van der Waals surface area contributed by atoms with Gasteiger partial charge in [-0.15, -0.1) is 0 Å². The predicted molar refractivity (Wildman–Crippen MR) is 76.1 cm³/mol. The summed E-state index contributed by atoms with van der Waals surface area (Å²) in [5, 5.41) is 0.889. The van der Waals surface area contributed by atoms with E-state index in [-0.39, 0.29) is 0 Å². The highest BCUT2D eigenvalue weighted by Gasteiger charge is 2.27. The third-order valence-electron chi connectivity index (χ3n) is 3.05. The summed E-state index contributed by atoms with van der Waals surface area (Å²) in [4.78, 5) is 0.359. The summed E-state index contributed by atoms with van der Waals surface area (Å²) in [5.41, 5.74) is 1.06. The van der Waals surface area contributed by atoms with Crippen molar-refractivity contribution in [3.8, 4) is 0 Å². The van der Waals surface area contributed by atoms with Crippen LogP contribution in [0.25, 0.3) is 0 Å². The minimum absolute atomic E-state index is 0.310. The zero-order valence-corrected chi connectivity index (χ0v) is 12.6. The van der Waals surface area contributed by atoms with Crippen LogP contribution < -0.4 is 0 Å². The molecule has 1 aliphatic rings. The molecule has 0 spiro atoms. The van der Waals surface area contributed by atoms with Crippen LogP contribution in [0, 0.1) is 12.8 Å². The van der Waals surface area contributed by atoms with Gasteiger partial charge in [-0.1, -0.05) is 39.7 Å². The van der Waals surface area contributed by atoms with Gasteiger partial charge in [0, 0.05) is 18.1 Å². The van der Waals surface area contributed by atoms with Gasteiger partial charge in [0.1, 0.15) is 0 Å². The number of benzene rings is 1. The molecule has 0 N–H and O–H groups in total. The number of rotatable bonds is 4. The second kappa shape index (κ2) is 5.45. The summed E-state index contributed by atoms with van der Waals surface area (Å²) < 4.78 is 26.2. The molecule has 0 saturated heterocycles. The summed E-state index contributed by atoms with van der Waals surface area (Å²) >= 11 is 3.38. The molecule has 1 unspecified atom stereocenters. The molecule has 0 amide bonds. The Bertz CT molecular complexity index is 537. The molecular formula is C13H16BrNO2S. The van der Waals surface area contributed by atoms with Gasteiger partial charge >= 0.3 is 0 Å². The zero-order valence-electron chi connectivity index (χ0n) is 10.2. The summed E-state index contributed by atoms with van der Waals surface area (Å²) in [5.74, 6) is 0.310. The van der Waals surface area contributed by atoms with Crippen LogP contribution in [0.15, 0.2) is 41.4 Å². The van der Waals surface area contributed by atoms with E-state index in [1.807, 2.05) is 25.1 Å². The van der Waals surface area contributed by atoms with E-state index in [9.17, 15) is 8.42 Å². The third kappa shape index (κ3) is 2.78. The molecule has 0 aliphatic carbocycles. The predicted octanol–water partition coefficient (Wildman–Crippen LogP) is 2.91. The smallest absolute Gasteiger partial charge is 0.263 e. The van der Waals surface area contributed by atoms with Crippen molar-refractivity contribution >= 4 is 26.0 Å². The molecule has 0 radical (unpaired) electrons. The van der Waals surface area contributed by atoms with Crippen LogP contribution in [-0.2, 0) is 10.0 Å². The van der Waals surface area contributed by atoms with Gasteiger partial charge in [-0.3, -0.25) is 4.31 Å². The first-order valence-corrected chi connectivity index (χ1v) is 8.43. The van der Waals surface area contributed by atoms with E-state index in [1.54, 1.807) is 18.3 Å². The van der Waals surface area contributed by atoms with Gasteiger partial charge < -0.3 is 0 Å². The van der Waals surface area contributed by atoms with Crippen molar-refractivity contribution in [3.63, 3.8) is 0 Å². The third-order valence-corrected chi connectivity index (χ3v) is 5.26. The first-order valence-electron chi connectivity index (χ1n) is 5.87. The Labute approximate surface area is 117 Å². The van der Waals surface area contributed by atoms with Gasteiger partial charge in [0.2, 0.25) is 0 Å². The maximum atomic E-state index is 12.4. The highest BCUT2D eigenvalue weighted by atomic mass is 79.9. The molecule has 98 valence electrons. The average Bonchev–Trinajstić information content (AvgIpc) is 2.79. The van der Waals surface area contributed by atoms with Crippen LogP contribution >= 0.6 is 15.9 Å². The molecule has 2 rings (SSSR count). The number of alkyl halides is 1. The van der Waals surface area contributed by atoms with Crippen molar-refractivity contribution in [2.75, 3.05) is 11.9 Å². The number of sulfonamides is 1. The van der Waals surface area contributed by atoms with Crippen LogP contribution in [-0.4, -0.2) is 24.6 Å². The van der Waals surface area contributed by atoms with Crippen molar-refractivity contribution in [3.05, 3.63) is 42.1 Å². The van der Waals surface area contributed by atoms with Crippen LogP contribution in [0.2, 0.25) is 0 Å². The van der Waals surface area contributed by atoms with Crippen LogP contribution in [0.4, 0.5) is 0 Å². The van der Waals surface area contributed by atoms with E-state index >= 15 is 0 Å². The van der Waals surface area contributed by atoms with Gasteiger partial charge in [-0.2, -0.15) is 0 Å². The molecule has 1 aromatic rings. The number of hydrogen-bond acceptors (Lipinski definition) is 2. The molecule has 1 atom stereocenters. The monoisotopic (exact) mass is 329 g/mol. The Balaban J connectivity index is 2.18. The lowest BCUT2D eigenvalue weighted by Gasteiger charge is -2.18.